The van der Waals surface area contributed by atoms with E-state index in [-0.39, 0.29) is 24.2 Å². The van der Waals surface area contributed by atoms with Gasteiger partial charge in [-0.2, -0.15) is 0 Å². The van der Waals surface area contributed by atoms with Crippen LogP contribution in [0.25, 0.3) is 0 Å². The summed E-state index contributed by atoms with van der Waals surface area (Å²) in [6.45, 7) is 3.30. The van der Waals surface area contributed by atoms with Gasteiger partial charge in [0, 0.05) is 27.2 Å². The molecule has 0 aliphatic carbocycles. The first-order chi connectivity index (χ1) is 14.7. The number of ether oxygens (including phenoxy) is 4. The van der Waals surface area contributed by atoms with Crippen LogP contribution in [0.2, 0.25) is 0 Å². The van der Waals surface area contributed by atoms with Crippen LogP contribution >= 0.6 is 0 Å². The molecule has 4 atom stereocenters. The van der Waals surface area contributed by atoms with Gasteiger partial charge in [0.2, 0.25) is 6.29 Å². The van der Waals surface area contributed by atoms with E-state index in [4.69, 9.17) is 23.8 Å². The molecule has 0 aromatic heterocycles. The fraction of sp³-hybridized carbons (Fsp3) is 0.450. The summed E-state index contributed by atoms with van der Waals surface area (Å²) in [7, 11) is 0. The van der Waals surface area contributed by atoms with Crippen molar-refractivity contribution in [3.05, 3.63) is 35.4 Å². The number of amides is 2. The van der Waals surface area contributed by atoms with Crippen molar-refractivity contribution in [3.63, 3.8) is 0 Å². The predicted octanol–water partition coefficient (Wildman–Crippen LogP) is 0.756. The van der Waals surface area contributed by atoms with E-state index in [1.54, 1.807) is 12.1 Å². The van der Waals surface area contributed by atoms with Crippen molar-refractivity contribution in [1.29, 1.82) is 0 Å². The Morgan fingerprint density at radius 3 is 2.06 bits per heavy atom. The highest BCUT2D eigenvalue weighted by atomic mass is 16.8. The van der Waals surface area contributed by atoms with E-state index < -0.39 is 54.3 Å². The minimum Gasteiger partial charge on any atom is -0.463 e. The van der Waals surface area contributed by atoms with Crippen LogP contribution in [0.15, 0.2) is 24.3 Å². The van der Waals surface area contributed by atoms with Gasteiger partial charge in [0.05, 0.1) is 17.2 Å². The molecular formula is C20H21NO10. The highest BCUT2D eigenvalue weighted by molar-refractivity contribution is 6.20. The van der Waals surface area contributed by atoms with Gasteiger partial charge >= 0.3 is 17.9 Å². The number of nitrogens with zero attached hydrogens (tertiary/aromatic N) is 1. The van der Waals surface area contributed by atoms with Crippen molar-refractivity contribution in [2.75, 3.05) is 6.61 Å². The van der Waals surface area contributed by atoms with Gasteiger partial charge in [0.1, 0.15) is 12.7 Å². The van der Waals surface area contributed by atoms with E-state index in [0.29, 0.717) is 5.06 Å². The third-order valence-corrected chi connectivity index (χ3v) is 4.51. The molecule has 0 spiro atoms. The zero-order valence-corrected chi connectivity index (χ0v) is 17.1. The molecule has 2 aliphatic rings. The van der Waals surface area contributed by atoms with Crippen molar-refractivity contribution < 1.29 is 47.8 Å². The lowest BCUT2D eigenvalue weighted by molar-refractivity contribution is -0.320. The molecule has 0 unspecified atom stereocenters. The Morgan fingerprint density at radius 2 is 1.55 bits per heavy atom. The number of benzene rings is 1. The Bertz CT molecular complexity index is 878. The Balaban J connectivity index is 1.86. The van der Waals surface area contributed by atoms with Gasteiger partial charge in [-0.1, -0.05) is 12.1 Å². The predicted molar refractivity (Wildman–Crippen MR) is 99.0 cm³/mol. The van der Waals surface area contributed by atoms with Gasteiger partial charge < -0.3 is 18.9 Å². The van der Waals surface area contributed by atoms with E-state index in [0.717, 1.165) is 6.92 Å². The summed E-state index contributed by atoms with van der Waals surface area (Å²) in [6, 6.07) is 6.13. The number of esters is 3. The average molecular weight is 435 g/mol. The Labute approximate surface area is 177 Å². The highest BCUT2D eigenvalue weighted by Gasteiger charge is 2.48. The molecule has 1 aromatic rings. The zero-order valence-electron chi connectivity index (χ0n) is 17.1. The number of imide groups is 1. The first-order valence-electron chi connectivity index (χ1n) is 9.45. The van der Waals surface area contributed by atoms with Gasteiger partial charge in [-0.3, -0.25) is 24.0 Å². The molecule has 1 fully saturated rings. The summed E-state index contributed by atoms with van der Waals surface area (Å²) >= 11 is 0. The number of hydrogen-bond acceptors (Lipinski definition) is 10. The standard InChI is InChI=1S/C20H21NO10/c1-10(22)27-9-13-8-16(28-11(2)23)17(29-12(3)24)20(30-13)31-21-18(25)14-6-4-5-7-15(14)19(21)26/h4-7,13,16-17,20H,8-9H2,1-3H3/t13-,16-,17+,20-/m0/s1. The maximum absolute atomic E-state index is 12.6. The number of fused-ring (bicyclic) bond motifs is 1. The van der Waals surface area contributed by atoms with Crippen LogP contribution in [0, 0.1) is 0 Å². The van der Waals surface area contributed by atoms with Crippen LogP contribution in [0.4, 0.5) is 0 Å². The highest BCUT2D eigenvalue weighted by Crippen LogP contribution is 2.30. The smallest absolute Gasteiger partial charge is 0.303 e. The largest absolute Gasteiger partial charge is 0.463 e. The van der Waals surface area contributed by atoms with Crippen LogP contribution in [-0.4, -0.2) is 66.0 Å². The first-order valence-corrected chi connectivity index (χ1v) is 9.45. The van der Waals surface area contributed by atoms with Crippen LogP contribution in [-0.2, 0) is 38.2 Å². The quantitative estimate of drug-likeness (QED) is 0.358. The van der Waals surface area contributed by atoms with Crippen molar-refractivity contribution >= 4 is 29.7 Å². The lowest BCUT2D eigenvalue weighted by Crippen LogP contribution is -2.56. The lowest BCUT2D eigenvalue weighted by atomic mass is 10.0. The normalized spacial score (nSPS) is 25.1. The second-order valence-corrected chi connectivity index (χ2v) is 6.94. The third kappa shape index (κ3) is 5.06. The third-order valence-electron chi connectivity index (χ3n) is 4.51. The fourth-order valence-corrected chi connectivity index (χ4v) is 3.31. The molecule has 2 amide bonds. The van der Waals surface area contributed by atoms with E-state index in [2.05, 4.69) is 0 Å². The number of rotatable bonds is 6. The number of hydrogen-bond donors (Lipinski definition) is 0. The minimum atomic E-state index is -1.50. The molecule has 2 heterocycles. The Kier molecular flexibility index (Phi) is 6.66. The minimum absolute atomic E-state index is 0.0206. The molecule has 166 valence electrons. The Morgan fingerprint density at radius 1 is 0.968 bits per heavy atom. The van der Waals surface area contributed by atoms with Crippen molar-refractivity contribution in [3.8, 4) is 0 Å². The van der Waals surface area contributed by atoms with Crippen LogP contribution < -0.4 is 0 Å². The van der Waals surface area contributed by atoms with Crippen molar-refractivity contribution in [2.45, 2.75) is 51.8 Å². The van der Waals surface area contributed by atoms with Gasteiger partial charge in [-0.15, -0.1) is 5.06 Å². The summed E-state index contributed by atoms with van der Waals surface area (Å²) in [4.78, 5) is 65.2. The average Bonchev–Trinajstić information content (AvgIpc) is 2.93. The molecule has 2 aliphatic heterocycles. The first kappa shape index (κ1) is 22.4. The summed E-state index contributed by atoms with van der Waals surface area (Å²) < 4.78 is 21.1. The molecular weight excluding hydrogens is 414 g/mol. The molecule has 11 heteroatoms. The van der Waals surface area contributed by atoms with Gasteiger partial charge in [-0.05, 0) is 12.1 Å². The SMILES string of the molecule is CC(=O)OC[C@@H]1C[C@H](OC(C)=O)[C@@H](OC(C)=O)[C@H](ON2C(=O)c3ccccc3C2=O)O1. The van der Waals surface area contributed by atoms with E-state index in [1.165, 1.54) is 26.0 Å². The second-order valence-electron chi connectivity index (χ2n) is 6.94. The summed E-state index contributed by atoms with van der Waals surface area (Å²) in [6.07, 6.45) is -4.60. The van der Waals surface area contributed by atoms with Crippen molar-refractivity contribution in [2.24, 2.45) is 0 Å². The zero-order chi connectivity index (χ0) is 22.7. The monoisotopic (exact) mass is 435 g/mol. The second kappa shape index (κ2) is 9.23. The topological polar surface area (TPSA) is 135 Å². The van der Waals surface area contributed by atoms with Gasteiger partial charge in [0.15, 0.2) is 6.10 Å². The number of carbonyl (C=O) groups excluding carboxylic acids is 5. The fourth-order valence-electron chi connectivity index (χ4n) is 3.31. The number of carbonyl (C=O) groups is 5. The van der Waals surface area contributed by atoms with E-state index >= 15 is 0 Å². The van der Waals surface area contributed by atoms with Crippen LogP contribution in [0.1, 0.15) is 47.9 Å². The molecule has 31 heavy (non-hydrogen) atoms. The summed E-state index contributed by atoms with van der Waals surface area (Å²) in [5.74, 6) is -3.39. The van der Waals surface area contributed by atoms with Crippen molar-refractivity contribution in [1.82, 2.24) is 5.06 Å². The van der Waals surface area contributed by atoms with Crippen LogP contribution in [0.3, 0.4) is 0 Å². The number of hydroxylamine groups is 2. The molecule has 11 nitrogen and oxygen atoms in total. The molecule has 0 radical (unpaired) electrons. The molecule has 0 bridgehead atoms. The molecule has 1 saturated heterocycles. The van der Waals surface area contributed by atoms with Crippen LogP contribution in [0.5, 0.6) is 0 Å². The molecule has 0 N–H and O–H groups in total. The lowest BCUT2D eigenvalue weighted by Gasteiger charge is -2.40. The Hall–Kier alpha value is -3.31. The van der Waals surface area contributed by atoms with Gasteiger partial charge in [0.25, 0.3) is 11.8 Å². The summed E-state index contributed by atoms with van der Waals surface area (Å²) in [5.41, 5.74) is 0.278. The van der Waals surface area contributed by atoms with E-state index in [1.807, 2.05) is 0 Å². The molecule has 0 saturated carbocycles. The van der Waals surface area contributed by atoms with E-state index in [9.17, 15) is 24.0 Å². The summed E-state index contributed by atoms with van der Waals surface area (Å²) in [5, 5.41) is 0.505. The maximum Gasteiger partial charge on any atom is 0.303 e. The maximum atomic E-state index is 12.6. The van der Waals surface area contributed by atoms with Gasteiger partial charge in [-0.25, -0.2) is 4.84 Å². The molecule has 1 aromatic carbocycles. The molecule has 3 rings (SSSR count).